The molecule has 0 saturated carbocycles. The van der Waals surface area contributed by atoms with Gasteiger partial charge in [-0.05, 0) is 24.6 Å². The number of allylic oxidation sites excluding steroid dienone is 3. The fourth-order valence-corrected chi connectivity index (χ4v) is 1.48. The maximum atomic E-state index is 10.9. The maximum Gasteiger partial charge on any atom is 0.337 e. The molecule has 3 nitrogen and oxygen atoms in total. The van der Waals surface area contributed by atoms with E-state index >= 15 is 0 Å². The van der Waals surface area contributed by atoms with Gasteiger partial charge in [0.1, 0.15) is 0 Å². The van der Waals surface area contributed by atoms with E-state index in [2.05, 4.69) is 5.32 Å². The average Bonchev–Trinajstić information content (AvgIpc) is 2.71. The molecule has 1 aromatic carbocycles. The summed E-state index contributed by atoms with van der Waals surface area (Å²) in [4.78, 5) is 10.9. The second-order valence-corrected chi connectivity index (χ2v) is 3.27. The lowest BCUT2D eigenvalue weighted by Crippen LogP contribution is -2.04. The van der Waals surface area contributed by atoms with Crippen LogP contribution in [-0.2, 0) is 0 Å². The summed E-state index contributed by atoms with van der Waals surface area (Å²) < 4.78 is 0. The molecule has 0 radical (unpaired) electrons. The van der Waals surface area contributed by atoms with Gasteiger partial charge in [-0.2, -0.15) is 0 Å². The van der Waals surface area contributed by atoms with Gasteiger partial charge in [-0.3, -0.25) is 0 Å². The van der Waals surface area contributed by atoms with Crippen molar-refractivity contribution in [2.75, 3.05) is 5.32 Å². The molecule has 3 heteroatoms. The highest BCUT2D eigenvalue weighted by atomic mass is 16.4. The topological polar surface area (TPSA) is 49.3 Å². The van der Waals surface area contributed by atoms with E-state index in [1.165, 1.54) is 0 Å². The van der Waals surface area contributed by atoms with Crippen LogP contribution in [0.3, 0.4) is 0 Å². The Morgan fingerprint density at radius 1 is 1.33 bits per heavy atom. The van der Waals surface area contributed by atoms with Crippen LogP contribution in [0.5, 0.6) is 0 Å². The van der Waals surface area contributed by atoms with Crippen molar-refractivity contribution in [3.05, 3.63) is 53.8 Å². The molecule has 15 heavy (non-hydrogen) atoms. The Morgan fingerprint density at radius 2 is 2.13 bits per heavy atom. The molecule has 0 amide bonds. The standard InChI is InChI=1S/C12H11NO2/c14-12(15)10-7-3-4-8-11(10)13-9-5-1-2-6-9/h1,3-8,13H,2H2,(H,14,15). The van der Waals surface area contributed by atoms with E-state index in [0.29, 0.717) is 11.3 Å². The first-order valence-corrected chi connectivity index (χ1v) is 4.73. The number of carbonyl (C=O) groups is 1. The van der Waals surface area contributed by atoms with Crippen molar-refractivity contribution >= 4 is 11.7 Å². The van der Waals surface area contributed by atoms with Gasteiger partial charge < -0.3 is 10.4 Å². The summed E-state index contributed by atoms with van der Waals surface area (Å²) in [5.41, 5.74) is 1.87. The van der Waals surface area contributed by atoms with Crippen LogP contribution in [0, 0.1) is 0 Å². The van der Waals surface area contributed by atoms with Crippen molar-refractivity contribution < 1.29 is 9.90 Å². The Balaban J connectivity index is 2.27. The van der Waals surface area contributed by atoms with E-state index in [1.807, 2.05) is 24.3 Å². The molecule has 0 spiro atoms. The number of para-hydroxylation sites is 1. The molecule has 1 aliphatic rings. The van der Waals surface area contributed by atoms with Gasteiger partial charge in [0, 0.05) is 5.70 Å². The van der Waals surface area contributed by atoms with E-state index in [1.54, 1.807) is 18.2 Å². The Kier molecular flexibility index (Phi) is 2.54. The van der Waals surface area contributed by atoms with Crippen molar-refractivity contribution in [1.29, 1.82) is 0 Å². The number of carboxylic acids is 1. The van der Waals surface area contributed by atoms with Gasteiger partial charge in [-0.15, -0.1) is 0 Å². The minimum atomic E-state index is -0.916. The van der Waals surface area contributed by atoms with Crippen molar-refractivity contribution in [3.63, 3.8) is 0 Å². The van der Waals surface area contributed by atoms with Gasteiger partial charge in [0.15, 0.2) is 0 Å². The second kappa shape index (κ2) is 4.00. The third-order valence-electron chi connectivity index (χ3n) is 2.21. The average molecular weight is 201 g/mol. The number of hydrogen-bond acceptors (Lipinski definition) is 2. The first-order valence-electron chi connectivity index (χ1n) is 4.73. The summed E-state index contributed by atoms with van der Waals surface area (Å²) >= 11 is 0. The molecule has 0 aromatic heterocycles. The molecule has 76 valence electrons. The van der Waals surface area contributed by atoms with Crippen molar-refractivity contribution in [1.82, 2.24) is 0 Å². The van der Waals surface area contributed by atoms with Gasteiger partial charge in [0.05, 0.1) is 11.3 Å². The Morgan fingerprint density at radius 3 is 2.80 bits per heavy atom. The minimum Gasteiger partial charge on any atom is -0.478 e. The highest BCUT2D eigenvalue weighted by Gasteiger charge is 2.09. The van der Waals surface area contributed by atoms with Gasteiger partial charge >= 0.3 is 5.97 Å². The van der Waals surface area contributed by atoms with Crippen LogP contribution in [0.25, 0.3) is 0 Å². The third kappa shape index (κ3) is 2.07. The molecule has 0 bridgehead atoms. The quantitative estimate of drug-likeness (QED) is 0.790. The lowest BCUT2D eigenvalue weighted by molar-refractivity contribution is 0.0698. The summed E-state index contributed by atoms with van der Waals surface area (Å²) in [5.74, 6) is -0.916. The second-order valence-electron chi connectivity index (χ2n) is 3.27. The minimum absolute atomic E-state index is 0.290. The van der Waals surface area contributed by atoms with Crippen LogP contribution in [0.2, 0.25) is 0 Å². The number of nitrogens with one attached hydrogen (secondary N) is 1. The molecule has 0 fully saturated rings. The molecule has 1 aliphatic carbocycles. The summed E-state index contributed by atoms with van der Waals surface area (Å²) in [6.45, 7) is 0. The lowest BCUT2D eigenvalue weighted by Gasteiger charge is -2.08. The number of anilines is 1. The Hall–Kier alpha value is -2.03. The molecule has 0 saturated heterocycles. The highest BCUT2D eigenvalue weighted by Crippen LogP contribution is 2.19. The highest BCUT2D eigenvalue weighted by molar-refractivity contribution is 5.94. The number of carboxylic acid groups (broad SMARTS) is 1. The molecule has 0 atom stereocenters. The molecule has 0 heterocycles. The number of aromatic carboxylic acids is 1. The van der Waals surface area contributed by atoms with Gasteiger partial charge in [0.2, 0.25) is 0 Å². The SMILES string of the molecule is O=C(O)c1ccccc1NC1=CCC=C1. The number of rotatable bonds is 3. The first-order chi connectivity index (χ1) is 7.27. The van der Waals surface area contributed by atoms with E-state index in [4.69, 9.17) is 5.11 Å². The molecule has 2 N–H and O–H groups in total. The Bertz CT molecular complexity index is 447. The van der Waals surface area contributed by atoms with Gasteiger partial charge in [-0.25, -0.2) is 4.79 Å². The number of benzene rings is 1. The van der Waals surface area contributed by atoms with Gasteiger partial charge in [0.25, 0.3) is 0 Å². The van der Waals surface area contributed by atoms with E-state index in [9.17, 15) is 4.79 Å². The zero-order valence-corrected chi connectivity index (χ0v) is 8.10. The van der Waals surface area contributed by atoms with Crippen LogP contribution in [-0.4, -0.2) is 11.1 Å². The zero-order valence-electron chi connectivity index (χ0n) is 8.10. The van der Waals surface area contributed by atoms with Crippen LogP contribution < -0.4 is 5.32 Å². The van der Waals surface area contributed by atoms with Crippen molar-refractivity contribution in [2.45, 2.75) is 6.42 Å². The molecule has 0 aliphatic heterocycles. The number of hydrogen-bond donors (Lipinski definition) is 2. The molecule has 0 unspecified atom stereocenters. The molecule has 2 rings (SSSR count). The monoisotopic (exact) mass is 201 g/mol. The molecular formula is C12H11NO2. The smallest absolute Gasteiger partial charge is 0.337 e. The summed E-state index contributed by atoms with van der Waals surface area (Å²) in [5, 5.41) is 12.0. The third-order valence-corrected chi connectivity index (χ3v) is 2.21. The summed E-state index contributed by atoms with van der Waals surface area (Å²) in [6.07, 6.45) is 6.88. The van der Waals surface area contributed by atoms with Crippen molar-refractivity contribution in [2.24, 2.45) is 0 Å². The van der Waals surface area contributed by atoms with Crippen LogP contribution >= 0.6 is 0 Å². The Labute approximate surface area is 87.7 Å². The fraction of sp³-hybridized carbons (Fsp3) is 0.0833. The maximum absolute atomic E-state index is 10.9. The molecular weight excluding hydrogens is 190 g/mol. The lowest BCUT2D eigenvalue weighted by atomic mass is 10.2. The first kappa shape index (κ1) is 9.52. The fourth-order valence-electron chi connectivity index (χ4n) is 1.48. The van der Waals surface area contributed by atoms with Gasteiger partial charge in [-0.1, -0.05) is 24.3 Å². The molecule has 1 aromatic rings. The largest absolute Gasteiger partial charge is 0.478 e. The predicted molar refractivity (Wildman–Crippen MR) is 58.9 cm³/mol. The van der Waals surface area contributed by atoms with E-state index in [0.717, 1.165) is 12.1 Å². The van der Waals surface area contributed by atoms with E-state index < -0.39 is 5.97 Å². The van der Waals surface area contributed by atoms with Crippen LogP contribution in [0.1, 0.15) is 16.8 Å². The normalized spacial score (nSPS) is 13.7. The van der Waals surface area contributed by atoms with Crippen molar-refractivity contribution in [3.8, 4) is 0 Å². The van der Waals surface area contributed by atoms with Crippen LogP contribution in [0.4, 0.5) is 5.69 Å². The predicted octanol–water partition coefficient (Wildman–Crippen LogP) is 2.64. The summed E-state index contributed by atoms with van der Waals surface area (Å²) in [7, 11) is 0. The van der Waals surface area contributed by atoms with E-state index in [-0.39, 0.29) is 0 Å². The van der Waals surface area contributed by atoms with Crippen LogP contribution in [0.15, 0.2) is 48.2 Å². The zero-order chi connectivity index (χ0) is 10.7. The summed E-state index contributed by atoms with van der Waals surface area (Å²) in [6, 6.07) is 6.88.